The highest BCUT2D eigenvalue weighted by Gasteiger charge is 2.39. The standard InChI is InChI=1S/C12H15N3O4/c1-6-3-9(7(2)14-13-6)11(17)15-5-8(16)4-10(15)12(18)19/h3,8,10,16H,4-5H2,1-2H3,(H,18,19)/t8-,10-/m1/s1. The quantitative estimate of drug-likeness (QED) is 0.764. The summed E-state index contributed by atoms with van der Waals surface area (Å²) in [5.74, 6) is -1.54. The molecule has 1 aliphatic heterocycles. The van der Waals surface area contributed by atoms with Crippen molar-refractivity contribution in [1.82, 2.24) is 15.1 Å². The number of likely N-dealkylation sites (tertiary alicyclic amines) is 1. The van der Waals surface area contributed by atoms with E-state index in [1.165, 1.54) is 4.90 Å². The number of aliphatic hydroxyl groups is 1. The van der Waals surface area contributed by atoms with Crippen LogP contribution in [0.2, 0.25) is 0 Å². The minimum Gasteiger partial charge on any atom is -0.480 e. The Bertz CT molecular complexity index is 532. The number of aryl methyl sites for hydroxylation is 2. The number of β-amino-alcohol motifs (C(OH)–C–C–N with tert-alkyl or cyclic N) is 1. The maximum atomic E-state index is 12.4. The normalized spacial score (nSPS) is 22.6. The molecular weight excluding hydrogens is 250 g/mol. The molecule has 2 N–H and O–H groups in total. The van der Waals surface area contributed by atoms with E-state index >= 15 is 0 Å². The average Bonchev–Trinajstić information content (AvgIpc) is 2.74. The van der Waals surface area contributed by atoms with Gasteiger partial charge in [0.15, 0.2) is 0 Å². The number of carboxylic acid groups (broad SMARTS) is 1. The van der Waals surface area contributed by atoms with Gasteiger partial charge in [-0.1, -0.05) is 0 Å². The highest BCUT2D eigenvalue weighted by molar-refractivity contribution is 5.97. The molecule has 1 aliphatic rings. The summed E-state index contributed by atoms with van der Waals surface area (Å²) >= 11 is 0. The summed E-state index contributed by atoms with van der Waals surface area (Å²) in [5.41, 5.74) is 1.36. The second-order valence-electron chi connectivity index (χ2n) is 4.69. The van der Waals surface area contributed by atoms with Crippen LogP contribution in [0.5, 0.6) is 0 Å². The van der Waals surface area contributed by atoms with Crippen LogP contribution in [-0.2, 0) is 4.79 Å². The number of nitrogens with zero attached hydrogens (tertiary/aromatic N) is 3. The minimum absolute atomic E-state index is 0.0244. The summed E-state index contributed by atoms with van der Waals surface area (Å²) in [6.45, 7) is 3.37. The maximum absolute atomic E-state index is 12.4. The van der Waals surface area contributed by atoms with E-state index in [1.54, 1.807) is 19.9 Å². The Kier molecular flexibility index (Phi) is 3.48. The van der Waals surface area contributed by atoms with Gasteiger partial charge < -0.3 is 15.1 Å². The van der Waals surface area contributed by atoms with Crippen LogP contribution < -0.4 is 0 Å². The third kappa shape index (κ3) is 2.55. The highest BCUT2D eigenvalue weighted by Crippen LogP contribution is 2.21. The van der Waals surface area contributed by atoms with Crippen molar-refractivity contribution < 1.29 is 19.8 Å². The number of amides is 1. The average molecular weight is 265 g/mol. The van der Waals surface area contributed by atoms with E-state index in [4.69, 9.17) is 5.11 Å². The van der Waals surface area contributed by atoms with Crippen molar-refractivity contribution in [3.8, 4) is 0 Å². The van der Waals surface area contributed by atoms with Crippen LogP contribution in [-0.4, -0.2) is 55.9 Å². The van der Waals surface area contributed by atoms with Gasteiger partial charge in [0.05, 0.1) is 23.1 Å². The zero-order chi connectivity index (χ0) is 14.2. The number of hydrogen-bond donors (Lipinski definition) is 2. The summed E-state index contributed by atoms with van der Waals surface area (Å²) in [4.78, 5) is 24.7. The zero-order valence-corrected chi connectivity index (χ0v) is 10.7. The predicted molar refractivity (Wildman–Crippen MR) is 64.6 cm³/mol. The summed E-state index contributed by atoms with van der Waals surface area (Å²) in [6, 6.07) is 0.587. The van der Waals surface area contributed by atoms with E-state index in [1.807, 2.05) is 0 Å². The summed E-state index contributed by atoms with van der Waals surface area (Å²) in [5, 5.41) is 26.3. The second kappa shape index (κ2) is 4.93. The summed E-state index contributed by atoms with van der Waals surface area (Å²) in [6.07, 6.45) is -0.751. The fourth-order valence-electron chi connectivity index (χ4n) is 2.19. The van der Waals surface area contributed by atoms with Gasteiger partial charge in [0.1, 0.15) is 6.04 Å². The molecule has 0 spiro atoms. The van der Waals surface area contributed by atoms with E-state index in [0.717, 1.165) is 0 Å². The summed E-state index contributed by atoms with van der Waals surface area (Å²) < 4.78 is 0. The van der Waals surface area contributed by atoms with E-state index < -0.39 is 24.0 Å². The molecule has 0 aromatic carbocycles. The third-order valence-electron chi connectivity index (χ3n) is 3.16. The monoisotopic (exact) mass is 265 g/mol. The SMILES string of the molecule is Cc1cc(C(=O)N2C[C@H](O)C[C@@H]2C(=O)O)c(C)nn1. The molecule has 2 heterocycles. The van der Waals surface area contributed by atoms with Crippen molar-refractivity contribution in [1.29, 1.82) is 0 Å². The number of aliphatic carboxylic acids is 1. The smallest absolute Gasteiger partial charge is 0.326 e. The lowest BCUT2D eigenvalue weighted by atomic mass is 10.1. The number of rotatable bonds is 2. The van der Waals surface area contributed by atoms with Gasteiger partial charge >= 0.3 is 5.97 Å². The number of aliphatic hydroxyl groups excluding tert-OH is 1. The van der Waals surface area contributed by atoms with E-state index in [0.29, 0.717) is 17.0 Å². The molecule has 7 nitrogen and oxygen atoms in total. The summed E-state index contributed by atoms with van der Waals surface area (Å²) in [7, 11) is 0. The molecule has 1 fully saturated rings. The maximum Gasteiger partial charge on any atom is 0.326 e. The topological polar surface area (TPSA) is 104 Å². The van der Waals surface area contributed by atoms with Crippen LogP contribution in [0, 0.1) is 13.8 Å². The number of carboxylic acids is 1. The Labute approximate surface area is 109 Å². The molecule has 1 saturated heterocycles. The first-order valence-electron chi connectivity index (χ1n) is 5.93. The van der Waals surface area contributed by atoms with Crippen LogP contribution in [0.25, 0.3) is 0 Å². The van der Waals surface area contributed by atoms with Crippen molar-refractivity contribution in [2.45, 2.75) is 32.4 Å². The molecule has 7 heteroatoms. The Balaban J connectivity index is 2.33. The van der Waals surface area contributed by atoms with Crippen molar-refractivity contribution >= 4 is 11.9 Å². The molecule has 0 unspecified atom stereocenters. The fraction of sp³-hybridized carbons (Fsp3) is 0.500. The molecule has 0 bridgehead atoms. The molecule has 19 heavy (non-hydrogen) atoms. The van der Waals surface area contributed by atoms with Crippen LogP contribution in [0.3, 0.4) is 0 Å². The van der Waals surface area contributed by atoms with Gasteiger partial charge in [-0.05, 0) is 19.9 Å². The fourth-order valence-corrected chi connectivity index (χ4v) is 2.19. The van der Waals surface area contributed by atoms with Gasteiger partial charge in [-0.3, -0.25) is 4.79 Å². The van der Waals surface area contributed by atoms with Crippen molar-refractivity contribution in [2.75, 3.05) is 6.54 Å². The molecule has 1 aromatic heterocycles. The van der Waals surface area contributed by atoms with Crippen molar-refractivity contribution in [2.24, 2.45) is 0 Å². The third-order valence-corrected chi connectivity index (χ3v) is 3.16. The molecule has 2 rings (SSSR count). The van der Waals surface area contributed by atoms with Crippen LogP contribution in [0.1, 0.15) is 28.2 Å². The van der Waals surface area contributed by atoms with Gasteiger partial charge in [-0.2, -0.15) is 10.2 Å². The second-order valence-corrected chi connectivity index (χ2v) is 4.69. The molecular formula is C12H15N3O4. The molecule has 102 valence electrons. The minimum atomic E-state index is -1.11. The molecule has 1 aromatic rings. The largest absolute Gasteiger partial charge is 0.480 e. The van der Waals surface area contributed by atoms with Gasteiger partial charge in [0.2, 0.25) is 0 Å². The van der Waals surface area contributed by atoms with Crippen molar-refractivity contribution in [3.05, 3.63) is 23.0 Å². The molecule has 1 amide bonds. The number of carbonyl (C=O) groups is 2. The number of aromatic nitrogens is 2. The highest BCUT2D eigenvalue weighted by atomic mass is 16.4. The van der Waals surface area contributed by atoms with E-state index in [9.17, 15) is 14.7 Å². The zero-order valence-electron chi connectivity index (χ0n) is 10.7. The number of carbonyl (C=O) groups excluding carboxylic acids is 1. The first-order chi connectivity index (χ1) is 8.90. The van der Waals surface area contributed by atoms with Gasteiger partial charge in [-0.15, -0.1) is 0 Å². The van der Waals surface area contributed by atoms with Crippen molar-refractivity contribution in [3.63, 3.8) is 0 Å². The molecule has 2 atom stereocenters. The van der Waals surface area contributed by atoms with Crippen LogP contribution in [0.15, 0.2) is 6.07 Å². The van der Waals surface area contributed by atoms with Crippen LogP contribution >= 0.6 is 0 Å². The lowest BCUT2D eigenvalue weighted by Gasteiger charge is -2.21. The first kappa shape index (κ1) is 13.4. The number of hydrogen-bond acceptors (Lipinski definition) is 5. The molecule has 0 radical (unpaired) electrons. The first-order valence-corrected chi connectivity index (χ1v) is 5.93. The Morgan fingerprint density at radius 2 is 2.05 bits per heavy atom. The molecule has 0 aliphatic carbocycles. The molecule has 0 saturated carbocycles. The van der Waals surface area contributed by atoms with Gasteiger partial charge in [0.25, 0.3) is 5.91 Å². The van der Waals surface area contributed by atoms with Crippen LogP contribution in [0.4, 0.5) is 0 Å². The van der Waals surface area contributed by atoms with E-state index in [2.05, 4.69) is 10.2 Å². The Morgan fingerprint density at radius 1 is 1.37 bits per heavy atom. The van der Waals surface area contributed by atoms with E-state index in [-0.39, 0.29) is 13.0 Å². The Hall–Kier alpha value is -2.02. The lowest BCUT2D eigenvalue weighted by molar-refractivity contribution is -0.141. The Morgan fingerprint density at radius 3 is 2.68 bits per heavy atom. The lowest BCUT2D eigenvalue weighted by Crippen LogP contribution is -2.41. The van der Waals surface area contributed by atoms with Gasteiger partial charge in [-0.25, -0.2) is 4.79 Å². The predicted octanol–water partition coefficient (Wildman–Crippen LogP) is -0.247. The van der Waals surface area contributed by atoms with Gasteiger partial charge in [0, 0.05) is 13.0 Å².